The molecule has 18 heavy (non-hydrogen) atoms. The maximum absolute atomic E-state index is 5.64. The van der Waals surface area contributed by atoms with Crippen LogP contribution in [0.25, 0.3) is 11.1 Å². The highest BCUT2D eigenvalue weighted by Gasteiger charge is 2.06. The minimum absolute atomic E-state index is 0.691. The Labute approximate surface area is 117 Å². The number of halogens is 1. The second kappa shape index (κ2) is 5.12. The molecule has 0 saturated heterocycles. The van der Waals surface area contributed by atoms with Gasteiger partial charge in [0.05, 0.1) is 0 Å². The van der Waals surface area contributed by atoms with Gasteiger partial charge in [0.15, 0.2) is 5.58 Å². The van der Waals surface area contributed by atoms with E-state index in [2.05, 4.69) is 25.9 Å². The van der Waals surface area contributed by atoms with Crippen molar-refractivity contribution in [1.29, 1.82) is 0 Å². The Balaban J connectivity index is 1.76. The van der Waals surface area contributed by atoms with Crippen molar-refractivity contribution in [3.63, 3.8) is 0 Å². The molecule has 3 aromatic rings. The van der Waals surface area contributed by atoms with Gasteiger partial charge in [-0.2, -0.15) is 0 Å². The molecule has 0 atom stereocenters. The van der Waals surface area contributed by atoms with Gasteiger partial charge in [-0.25, -0.2) is 4.98 Å². The summed E-state index contributed by atoms with van der Waals surface area (Å²) in [6, 6.07) is 9.82. The van der Waals surface area contributed by atoms with Crippen molar-refractivity contribution in [1.82, 2.24) is 9.97 Å². The number of oxazole rings is 1. The Hall–Kier alpha value is -1.33. The molecule has 5 heteroatoms. The van der Waals surface area contributed by atoms with Gasteiger partial charge >= 0.3 is 0 Å². The van der Waals surface area contributed by atoms with E-state index in [0.717, 1.165) is 26.9 Å². The number of nitrogens with zero attached hydrogens (tertiary/aromatic N) is 2. The number of hydrogen-bond acceptors (Lipinski definition) is 4. The highest BCUT2D eigenvalue weighted by Crippen LogP contribution is 2.26. The smallest absolute Gasteiger partial charge is 0.257 e. The second-order valence-corrected chi connectivity index (χ2v) is 5.59. The molecular formula is C13H9BrN2OS. The van der Waals surface area contributed by atoms with E-state index >= 15 is 0 Å². The van der Waals surface area contributed by atoms with Crippen LogP contribution in [-0.4, -0.2) is 9.97 Å². The predicted molar refractivity (Wildman–Crippen MR) is 75.5 cm³/mol. The molecule has 0 spiro atoms. The van der Waals surface area contributed by atoms with E-state index in [4.69, 9.17) is 4.42 Å². The Morgan fingerprint density at radius 3 is 2.94 bits per heavy atom. The van der Waals surface area contributed by atoms with Crippen molar-refractivity contribution in [2.45, 2.75) is 11.0 Å². The summed E-state index contributed by atoms with van der Waals surface area (Å²) in [5, 5.41) is 0.691. The number of fused-ring (bicyclic) bond motifs is 1. The van der Waals surface area contributed by atoms with E-state index < -0.39 is 0 Å². The number of rotatable bonds is 3. The fourth-order valence-electron chi connectivity index (χ4n) is 1.59. The van der Waals surface area contributed by atoms with Crippen LogP contribution in [0, 0.1) is 0 Å². The summed E-state index contributed by atoms with van der Waals surface area (Å²) in [7, 11) is 0. The Morgan fingerprint density at radius 1 is 1.22 bits per heavy atom. The number of hydrogen-bond donors (Lipinski definition) is 0. The van der Waals surface area contributed by atoms with Crippen molar-refractivity contribution in [3.8, 4) is 0 Å². The number of para-hydroxylation sites is 2. The Morgan fingerprint density at radius 2 is 2.11 bits per heavy atom. The molecule has 0 amide bonds. The first kappa shape index (κ1) is 11.7. The van der Waals surface area contributed by atoms with Gasteiger partial charge in [0.1, 0.15) is 5.52 Å². The minimum atomic E-state index is 0.691. The lowest BCUT2D eigenvalue weighted by molar-refractivity contribution is 0.489. The van der Waals surface area contributed by atoms with E-state index in [1.807, 2.05) is 36.5 Å². The topological polar surface area (TPSA) is 38.9 Å². The van der Waals surface area contributed by atoms with E-state index in [0.29, 0.717) is 5.22 Å². The molecule has 0 aliphatic carbocycles. The summed E-state index contributed by atoms with van der Waals surface area (Å²) >= 11 is 4.98. The summed E-state index contributed by atoms with van der Waals surface area (Å²) in [4.78, 5) is 8.54. The molecule has 0 radical (unpaired) electrons. The molecule has 2 aromatic heterocycles. The van der Waals surface area contributed by atoms with Gasteiger partial charge in [-0.3, -0.25) is 4.98 Å². The van der Waals surface area contributed by atoms with Gasteiger partial charge in [0.25, 0.3) is 5.22 Å². The van der Waals surface area contributed by atoms with Crippen molar-refractivity contribution >= 4 is 38.8 Å². The van der Waals surface area contributed by atoms with Crippen LogP contribution in [0.3, 0.4) is 0 Å². The molecule has 3 rings (SSSR count). The summed E-state index contributed by atoms with van der Waals surface area (Å²) in [5.74, 6) is 0.791. The first-order valence-corrected chi connectivity index (χ1v) is 7.17. The number of benzene rings is 1. The highest BCUT2D eigenvalue weighted by molar-refractivity contribution is 9.10. The summed E-state index contributed by atoms with van der Waals surface area (Å²) < 4.78 is 6.62. The minimum Gasteiger partial charge on any atom is -0.431 e. The van der Waals surface area contributed by atoms with E-state index in [9.17, 15) is 0 Å². The number of pyridine rings is 1. The summed E-state index contributed by atoms with van der Waals surface area (Å²) in [6.07, 6.45) is 3.62. The first-order chi connectivity index (χ1) is 8.81. The average molecular weight is 321 g/mol. The van der Waals surface area contributed by atoms with Crippen LogP contribution in [-0.2, 0) is 5.75 Å². The lowest BCUT2D eigenvalue weighted by Crippen LogP contribution is -1.82. The lowest BCUT2D eigenvalue weighted by atomic mass is 10.3. The van der Waals surface area contributed by atoms with Crippen molar-refractivity contribution in [2.24, 2.45) is 0 Å². The fraction of sp³-hybridized carbons (Fsp3) is 0.0769. The average Bonchev–Trinajstić information content (AvgIpc) is 2.79. The van der Waals surface area contributed by atoms with Crippen LogP contribution < -0.4 is 0 Å². The van der Waals surface area contributed by atoms with Crippen LogP contribution >= 0.6 is 27.7 Å². The monoisotopic (exact) mass is 320 g/mol. The molecule has 0 aliphatic heterocycles. The lowest BCUT2D eigenvalue weighted by Gasteiger charge is -1.98. The van der Waals surface area contributed by atoms with Crippen molar-refractivity contribution in [3.05, 3.63) is 52.8 Å². The van der Waals surface area contributed by atoms with Crippen LogP contribution in [0.15, 0.2) is 56.8 Å². The molecule has 0 saturated carbocycles. The van der Waals surface area contributed by atoms with Gasteiger partial charge in [-0.1, -0.05) is 23.9 Å². The summed E-state index contributed by atoms with van der Waals surface area (Å²) in [6.45, 7) is 0. The molecular weight excluding hydrogens is 312 g/mol. The zero-order valence-electron chi connectivity index (χ0n) is 9.34. The molecule has 3 nitrogen and oxygen atoms in total. The standard InChI is InChI=1S/C13H9BrN2OS/c14-10-5-9(6-15-7-10)8-18-13-16-11-3-1-2-4-12(11)17-13/h1-7H,8H2. The Kier molecular flexibility index (Phi) is 3.34. The number of thioether (sulfide) groups is 1. The molecule has 2 heterocycles. The zero-order chi connectivity index (χ0) is 12.4. The van der Waals surface area contributed by atoms with Gasteiger partial charge in [-0.05, 0) is 39.7 Å². The molecule has 0 fully saturated rings. The normalized spacial score (nSPS) is 10.9. The maximum Gasteiger partial charge on any atom is 0.257 e. The van der Waals surface area contributed by atoms with Gasteiger partial charge < -0.3 is 4.42 Å². The van der Waals surface area contributed by atoms with E-state index in [1.165, 1.54) is 0 Å². The predicted octanol–water partition coefficient (Wildman–Crippen LogP) is 4.28. The molecule has 0 aliphatic rings. The first-order valence-electron chi connectivity index (χ1n) is 5.39. The molecule has 1 aromatic carbocycles. The van der Waals surface area contributed by atoms with Crippen molar-refractivity contribution < 1.29 is 4.42 Å². The zero-order valence-corrected chi connectivity index (χ0v) is 11.7. The third kappa shape index (κ3) is 2.57. The van der Waals surface area contributed by atoms with E-state index in [-0.39, 0.29) is 0 Å². The van der Waals surface area contributed by atoms with Gasteiger partial charge in [0, 0.05) is 22.6 Å². The second-order valence-electron chi connectivity index (χ2n) is 3.75. The quantitative estimate of drug-likeness (QED) is 0.675. The number of aromatic nitrogens is 2. The van der Waals surface area contributed by atoms with Crippen LogP contribution in [0.1, 0.15) is 5.56 Å². The largest absolute Gasteiger partial charge is 0.431 e. The van der Waals surface area contributed by atoms with Crippen LogP contribution in [0.4, 0.5) is 0 Å². The third-order valence-electron chi connectivity index (χ3n) is 2.40. The van der Waals surface area contributed by atoms with Gasteiger partial charge in [-0.15, -0.1) is 0 Å². The molecule has 0 bridgehead atoms. The van der Waals surface area contributed by atoms with Crippen LogP contribution in [0.2, 0.25) is 0 Å². The van der Waals surface area contributed by atoms with E-state index in [1.54, 1.807) is 18.0 Å². The maximum atomic E-state index is 5.64. The fourth-order valence-corrected chi connectivity index (χ4v) is 2.76. The van der Waals surface area contributed by atoms with Crippen molar-refractivity contribution in [2.75, 3.05) is 0 Å². The molecule has 90 valence electrons. The summed E-state index contributed by atoms with van der Waals surface area (Å²) in [5.41, 5.74) is 2.86. The Bertz CT molecular complexity index is 650. The van der Waals surface area contributed by atoms with Crippen LogP contribution in [0.5, 0.6) is 0 Å². The third-order valence-corrected chi connectivity index (χ3v) is 3.73. The SMILES string of the molecule is Brc1cncc(CSc2nc3ccccc3o2)c1. The highest BCUT2D eigenvalue weighted by atomic mass is 79.9. The molecule has 0 N–H and O–H groups in total. The van der Waals surface area contributed by atoms with Gasteiger partial charge in [0.2, 0.25) is 0 Å². The molecule has 0 unspecified atom stereocenters.